The van der Waals surface area contributed by atoms with Crippen molar-refractivity contribution < 1.29 is 36.3 Å². The number of carbonyl (C=O) groups is 2. The Morgan fingerprint density at radius 3 is 1.52 bits per heavy atom. The topological polar surface area (TPSA) is 74.6 Å². The molecule has 0 aromatic carbocycles. The van der Waals surface area contributed by atoms with Gasteiger partial charge >= 0.3 is 11.9 Å². The largest absolute Gasteiger partial charge is 0.481 e. The van der Waals surface area contributed by atoms with E-state index in [-0.39, 0.29) is 16.5 Å². The van der Waals surface area contributed by atoms with Crippen molar-refractivity contribution in [3.8, 4) is 0 Å². The van der Waals surface area contributed by atoms with Crippen LogP contribution in [0.25, 0.3) is 0 Å². The molecule has 0 aliphatic heterocycles. The first-order valence-corrected chi connectivity index (χ1v) is 9.48. The van der Waals surface area contributed by atoms with Gasteiger partial charge in [-0.05, 0) is 30.6 Å². The average molecular weight is 403 g/mol. The number of unbranched alkanes of at least 4 members (excludes halogenated alkanes) is 5. The molecule has 0 atom stereocenters. The van der Waals surface area contributed by atoms with E-state index >= 15 is 0 Å². The summed E-state index contributed by atoms with van der Waals surface area (Å²) in [6.45, 7) is 11.1. The Hall–Kier alpha value is -0.566. The van der Waals surface area contributed by atoms with Gasteiger partial charge in [0.25, 0.3) is 0 Å². The second kappa shape index (κ2) is 18.2. The zero-order valence-corrected chi connectivity index (χ0v) is 17.9. The van der Waals surface area contributed by atoms with E-state index in [0.29, 0.717) is 18.3 Å². The van der Waals surface area contributed by atoms with Crippen LogP contribution in [0.15, 0.2) is 0 Å². The fraction of sp³-hybridized carbons (Fsp3) is 0.900. The van der Waals surface area contributed by atoms with Gasteiger partial charge in [-0.1, -0.05) is 73.1 Å². The summed E-state index contributed by atoms with van der Waals surface area (Å²) in [6, 6.07) is 0. The van der Waals surface area contributed by atoms with Crippen LogP contribution in [0.1, 0.15) is 105 Å². The van der Waals surface area contributed by atoms with Gasteiger partial charge in [0.1, 0.15) is 0 Å². The van der Waals surface area contributed by atoms with Crippen LogP contribution in [-0.2, 0) is 26.1 Å². The van der Waals surface area contributed by atoms with Crippen LogP contribution in [-0.4, -0.2) is 22.2 Å². The Morgan fingerprint density at radius 1 is 0.760 bits per heavy atom. The Morgan fingerprint density at radius 2 is 1.16 bits per heavy atom. The minimum Gasteiger partial charge on any atom is -0.481 e. The van der Waals surface area contributed by atoms with E-state index in [9.17, 15) is 9.59 Å². The van der Waals surface area contributed by atoms with E-state index in [4.69, 9.17) is 10.2 Å². The second-order valence-electron chi connectivity index (χ2n) is 8.26. The zero-order chi connectivity index (χ0) is 19.0. The van der Waals surface area contributed by atoms with Crippen LogP contribution < -0.4 is 0 Å². The molecule has 0 fully saturated rings. The van der Waals surface area contributed by atoms with E-state index in [2.05, 4.69) is 34.6 Å². The molecule has 0 aliphatic carbocycles. The van der Waals surface area contributed by atoms with Gasteiger partial charge in [-0.2, -0.15) is 0 Å². The van der Waals surface area contributed by atoms with E-state index in [1.54, 1.807) is 0 Å². The van der Waals surface area contributed by atoms with Crippen LogP contribution in [0.2, 0.25) is 0 Å². The summed E-state index contributed by atoms with van der Waals surface area (Å²) in [7, 11) is 0. The molecule has 5 heteroatoms. The molecular weight excluding hydrogens is 363 g/mol. The first kappa shape index (κ1) is 29.2. The SMILES string of the molecule is CC(C)(C)CCCCCC(=O)O.CC(C)CCCCCCC(=O)O.[Ni]. The molecule has 0 aromatic rings. The quantitative estimate of drug-likeness (QED) is 0.304. The number of carboxylic acid groups (broad SMARTS) is 2. The molecule has 0 radical (unpaired) electrons. The van der Waals surface area contributed by atoms with Crippen molar-refractivity contribution in [2.45, 2.75) is 105 Å². The smallest absolute Gasteiger partial charge is 0.303 e. The zero-order valence-electron chi connectivity index (χ0n) is 16.9. The molecule has 154 valence electrons. The number of hydrogen-bond donors (Lipinski definition) is 2. The van der Waals surface area contributed by atoms with Gasteiger partial charge in [0.05, 0.1) is 0 Å². The molecule has 0 aromatic heterocycles. The number of hydrogen-bond acceptors (Lipinski definition) is 2. The third-order valence-corrected chi connectivity index (χ3v) is 3.74. The molecule has 0 spiro atoms. The van der Waals surface area contributed by atoms with Crippen molar-refractivity contribution >= 4 is 11.9 Å². The maximum Gasteiger partial charge on any atom is 0.303 e. The van der Waals surface area contributed by atoms with Crippen molar-refractivity contribution in [2.75, 3.05) is 0 Å². The van der Waals surface area contributed by atoms with E-state index in [1.807, 2.05) is 0 Å². The Labute approximate surface area is 165 Å². The van der Waals surface area contributed by atoms with E-state index in [1.165, 1.54) is 25.7 Å². The Balaban J connectivity index is -0.000000372. The molecular formula is C20H40NiO4. The van der Waals surface area contributed by atoms with Crippen LogP contribution in [0.3, 0.4) is 0 Å². The summed E-state index contributed by atoms with van der Waals surface area (Å²) in [5.74, 6) is -0.561. The molecule has 0 rings (SSSR count). The molecule has 0 heterocycles. The summed E-state index contributed by atoms with van der Waals surface area (Å²) in [5.41, 5.74) is 0.392. The van der Waals surface area contributed by atoms with Gasteiger partial charge < -0.3 is 10.2 Å². The Kier molecular flexibility index (Phi) is 21.3. The van der Waals surface area contributed by atoms with E-state index < -0.39 is 11.9 Å². The van der Waals surface area contributed by atoms with Gasteiger partial charge in [0.2, 0.25) is 0 Å². The summed E-state index contributed by atoms with van der Waals surface area (Å²) in [5, 5.41) is 16.7. The van der Waals surface area contributed by atoms with Gasteiger partial charge in [-0.15, -0.1) is 0 Å². The first-order chi connectivity index (χ1) is 11.0. The molecule has 0 saturated heterocycles. The standard InChI is InChI=1S/2C10H20O2.Ni/c1-10(2,3)8-6-4-5-7-9(11)12;1-9(2)7-5-3-4-6-8-10(11)12;/h4-8H2,1-3H3,(H,11,12);9H,3-8H2,1-2H3,(H,11,12);. The van der Waals surface area contributed by atoms with Gasteiger partial charge in [0.15, 0.2) is 0 Å². The van der Waals surface area contributed by atoms with Crippen LogP contribution >= 0.6 is 0 Å². The predicted molar refractivity (Wildman–Crippen MR) is 100 cm³/mol. The second-order valence-corrected chi connectivity index (χ2v) is 8.26. The number of aliphatic carboxylic acids is 2. The van der Waals surface area contributed by atoms with Gasteiger partial charge in [0, 0.05) is 29.3 Å². The summed E-state index contributed by atoms with van der Waals surface area (Å²) >= 11 is 0. The monoisotopic (exact) mass is 402 g/mol. The summed E-state index contributed by atoms with van der Waals surface area (Å²) < 4.78 is 0. The third kappa shape index (κ3) is 35.4. The minimum atomic E-state index is -0.675. The number of rotatable bonds is 12. The minimum absolute atomic E-state index is 0. The average Bonchev–Trinajstić information content (AvgIpc) is 2.41. The molecule has 0 unspecified atom stereocenters. The first-order valence-electron chi connectivity index (χ1n) is 9.48. The summed E-state index contributed by atoms with van der Waals surface area (Å²) in [4.78, 5) is 20.3. The van der Waals surface area contributed by atoms with Crippen molar-refractivity contribution in [3.05, 3.63) is 0 Å². The predicted octanol–water partition coefficient (Wildman–Crippen LogP) is 6.13. The normalized spacial score (nSPS) is 10.6. The van der Waals surface area contributed by atoms with Gasteiger partial charge in [-0.25, -0.2) is 0 Å². The van der Waals surface area contributed by atoms with Gasteiger partial charge in [-0.3, -0.25) is 9.59 Å². The molecule has 0 amide bonds. The Bertz CT molecular complexity index is 322. The van der Waals surface area contributed by atoms with E-state index in [0.717, 1.165) is 38.0 Å². The number of carboxylic acids is 2. The fourth-order valence-corrected chi connectivity index (χ4v) is 2.29. The molecule has 25 heavy (non-hydrogen) atoms. The van der Waals surface area contributed by atoms with Crippen molar-refractivity contribution in [1.29, 1.82) is 0 Å². The molecule has 4 nitrogen and oxygen atoms in total. The fourth-order valence-electron chi connectivity index (χ4n) is 2.29. The van der Waals surface area contributed by atoms with Crippen molar-refractivity contribution in [2.24, 2.45) is 11.3 Å². The third-order valence-electron chi connectivity index (χ3n) is 3.74. The maximum absolute atomic E-state index is 10.2. The summed E-state index contributed by atoms with van der Waals surface area (Å²) in [6.07, 6.45) is 10.5. The molecule has 0 bridgehead atoms. The molecule has 2 N–H and O–H groups in total. The van der Waals surface area contributed by atoms with Crippen molar-refractivity contribution in [1.82, 2.24) is 0 Å². The van der Waals surface area contributed by atoms with Crippen LogP contribution in [0.5, 0.6) is 0 Å². The maximum atomic E-state index is 10.2. The van der Waals surface area contributed by atoms with Crippen LogP contribution in [0, 0.1) is 11.3 Å². The molecule has 0 aliphatic rings. The van der Waals surface area contributed by atoms with Crippen molar-refractivity contribution in [3.63, 3.8) is 0 Å². The molecule has 0 saturated carbocycles. The van der Waals surface area contributed by atoms with Crippen LogP contribution in [0.4, 0.5) is 0 Å².